The number of halogens is 1. The van der Waals surface area contributed by atoms with Crippen LogP contribution in [0.2, 0.25) is 0 Å². The van der Waals surface area contributed by atoms with Crippen molar-refractivity contribution in [1.29, 1.82) is 0 Å². The Bertz CT molecular complexity index is 752. The van der Waals surface area contributed by atoms with Crippen LogP contribution < -0.4 is 5.32 Å². The third kappa shape index (κ3) is 5.33. The van der Waals surface area contributed by atoms with Gasteiger partial charge in [-0.3, -0.25) is 4.79 Å². The molecule has 0 bridgehead atoms. The quantitative estimate of drug-likeness (QED) is 0.607. The van der Waals surface area contributed by atoms with Gasteiger partial charge in [0.2, 0.25) is 0 Å². The monoisotopic (exact) mass is 393 g/mol. The molecule has 120 valence electrons. The van der Waals surface area contributed by atoms with E-state index < -0.39 is 5.97 Å². The Morgan fingerprint density at radius 1 is 1.26 bits per heavy atom. The van der Waals surface area contributed by atoms with Gasteiger partial charge in [-0.2, -0.15) is 0 Å². The van der Waals surface area contributed by atoms with Crippen LogP contribution in [0.3, 0.4) is 0 Å². The number of carbonyl (C=O) groups is 2. The van der Waals surface area contributed by atoms with Gasteiger partial charge in [-0.05, 0) is 60.7 Å². The van der Waals surface area contributed by atoms with Crippen LogP contribution in [0.25, 0.3) is 6.08 Å². The van der Waals surface area contributed by atoms with Crippen molar-refractivity contribution in [3.63, 3.8) is 0 Å². The Morgan fingerprint density at radius 3 is 2.70 bits per heavy atom. The Hall–Kier alpha value is -1.92. The van der Waals surface area contributed by atoms with Crippen molar-refractivity contribution in [2.24, 2.45) is 0 Å². The van der Waals surface area contributed by atoms with Gasteiger partial charge in [0, 0.05) is 21.1 Å². The molecule has 2 rings (SSSR count). The summed E-state index contributed by atoms with van der Waals surface area (Å²) in [6.07, 6.45) is 3.02. The molecule has 1 N–H and O–H groups in total. The van der Waals surface area contributed by atoms with E-state index in [9.17, 15) is 9.59 Å². The number of anilines is 1. The predicted octanol–water partition coefficient (Wildman–Crippen LogP) is 4.32. The van der Waals surface area contributed by atoms with Gasteiger partial charge in [0.25, 0.3) is 5.91 Å². The van der Waals surface area contributed by atoms with Crippen molar-refractivity contribution < 1.29 is 14.3 Å². The van der Waals surface area contributed by atoms with Gasteiger partial charge in [-0.25, -0.2) is 4.79 Å². The van der Waals surface area contributed by atoms with Crippen LogP contribution in [0, 0.1) is 13.8 Å². The number of aryl methyl sites for hydroxylation is 2. The minimum atomic E-state index is -0.542. The van der Waals surface area contributed by atoms with Crippen LogP contribution in [0.1, 0.15) is 16.0 Å². The second-order valence-electron chi connectivity index (χ2n) is 4.92. The number of benzene rings is 1. The van der Waals surface area contributed by atoms with Crippen LogP contribution in [0.4, 0.5) is 5.69 Å². The molecule has 1 aromatic carbocycles. The summed E-state index contributed by atoms with van der Waals surface area (Å²) in [5, 5.41) is 4.64. The first-order chi connectivity index (χ1) is 11.0. The maximum absolute atomic E-state index is 11.8. The largest absolute Gasteiger partial charge is 0.452 e. The molecule has 6 heteroatoms. The molecule has 0 spiro atoms. The second kappa shape index (κ2) is 8.08. The lowest BCUT2D eigenvalue weighted by atomic mass is 10.2. The molecule has 0 saturated heterocycles. The maximum Gasteiger partial charge on any atom is 0.331 e. The highest BCUT2D eigenvalue weighted by Gasteiger charge is 2.07. The summed E-state index contributed by atoms with van der Waals surface area (Å²) in [4.78, 5) is 24.4. The number of esters is 1. The minimum Gasteiger partial charge on any atom is -0.452 e. The van der Waals surface area contributed by atoms with Crippen molar-refractivity contribution in [2.45, 2.75) is 13.8 Å². The van der Waals surface area contributed by atoms with Crippen LogP contribution >= 0.6 is 27.3 Å². The summed E-state index contributed by atoms with van der Waals surface area (Å²) >= 11 is 4.94. The summed E-state index contributed by atoms with van der Waals surface area (Å²) in [5.41, 5.74) is 2.77. The molecular weight excluding hydrogens is 378 g/mol. The molecule has 0 radical (unpaired) electrons. The number of nitrogens with one attached hydrogen (secondary N) is 1. The summed E-state index contributed by atoms with van der Waals surface area (Å²) in [6, 6.07) is 7.44. The van der Waals surface area contributed by atoms with Gasteiger partial charge in [-0.1, -0.05) is 15.9 Å². The highest BCUT2D eigenvalue weighted by Crippen LogP contribution is 2.20. The predicted molar refractivity (Wildman–Crippen MR) is 96.6 cm³/mol. The molecule has 0 aliphatic carbocycles. The fraction of sp³-hybridized carbons (Fsp3) is 0.176. The normalized spacial score (nSPS) is 10.7. The minimum absolute atomic E-state index is 0.318. The molecule has 4 nitrogen and oxygen atoms in total. The molecule has 23 heavy (non-hydrogen) atoms. The number of rotatable bonds is 5. The average molecular weight is 394 g/mol. The van der Waals surface area contributed by atoms with E-state index in [2.05, 4.69) is 21.2 Å². The number of hydrogen-bond donors (Lipinski definition) is 1. The zero-order chi connectivity index (χ0) is 16.8. The summed E-state index contributed by atoms with van der Waals surface area (Å²) in [5.74, 6) is -0.916. The summed E-state index contributed by atoms with van der Waals surface area (Å²) in [6.45, 7) is 3.58. The molecule has 1 amide bonds. The van der Waals surface area contributed by atoms with Crippen LogP contribution in [0.15, 0.2) is 40.2 Å². The molecule has 0 saturated carbocycles. The van der Waals surface area contributed by atoms with Gasteiger partial charge >= 0.3 is 5.97 Å². The first-order valence-corrected chi connectivity index (χ1v) is 8.58. The lowest BCUT2D eigenvalue weighted by Crippen LogP contribution is -2.20. The molecule has 1 aromatic heterocycles. The van der Waals surface area contributed by atoms with E-state index >= 15 is 0 Å². The van der Waals surface area contributed by atoms with E-state index in [1.807, 2.05) is 37.4 Å². The molecule has 1 heterocycles. The third-order valence-electron chi connectivity index (χ3n) is 3.06. The number of carbonyl (C=O) groups excluding carboxylic acids is 2. The molecule has 0 unspecified atom stereocenters. The van der Waals surface area contributed by atoms with Crippen LogP contribution in [0.5, 0.6) is 0 Å². The second-order valence-corrected chi connectivity index (χ2v) is 6.72. The maximum atomic E-state index is 11.8. The third-order valence-corrected chi connectivity index (χ3v) is 4.93. The van der Waals surface area contributed by atoms with Gasteiger partial charge in [0.05, 0.1) is 0 Å². The fourth-order valence-electron chi connectivity index (χ4n) is 1.80. The van der Waals surface area contributed by atoms with Crippen molar-refractivity contribution in [2.75, 3.05) is 11.9 Å². The van der Waals surface area contributed by atoms with Crippen molar-refractivity contribution in [3.8, 4) is 0 Å². The molecule has 0 aliphatic rings. The average Bonchev–Trinajstić information content (AvgIpc) is 2.92. The van der Waals surface area contributed by atoms with Gasteiger partial charge in [0.15, 0.2) is 6.61 Å². The zero-order valence-corrected chi connectivity index (χ0v) is 15.2. The standard InChI is InChI=1S/C17H16BrNO3S/c1-11-7-8-23-15(11)5-6-17(21)22-10-16(20)19-13-3-4-14(18)12(2)9-13/h3-9H,10H2,1-2H3,(H,19,20)/b6-5+. The Labute approximate surface area is 147 Å². The van der Waals surface area contributed by atoms with E-state index in [0.717, 1.165) is 20.5 Å². The highest BCUT2D eigenvalue weighted by atomic mass is 79.9. The summed E-state index contributed by atoms with van der Waals surface area (Å²) in [7, 11) is 0. The topological polar surface area (TPSA) is 55.4 Å². The smallest absolute Gasteiger partial charge is 0.331 e. The Kier molecular flexibility index (Phi) is 6.12. The van der Waals surface area contributed by atoms with Gasteiger partial charge in [0.1, 0.15) is 0 Å². The van der Waals surface area contributed by atoms with E-state index in [1.165, 1.54) is 6.08 Å². The van der Waals surface area contributed by atoms with Gasteiger partial charge in [-0.15, -0.1) is 11.3 Å². The molecule has 0 atom stereocenters. The lowest BCUT2D eigenvalue weighted by Gasteiger charge is -2.07. The molecule has 0 fully saturated rings. The van der Waals surface area contributed by atoms with E-state index in [0.29, 0.717) is 5.69 Å². The van der Waals surface area contributed by atoms with Crippen molar-refractivity contribution >= 4 is 50.9 Å². The van der Waals surface area contributed by atoms with E-state index in [-0.39, 0.29) is 12.5 Å². The van der Waals surface area contributed by atoms with E-state index in [4.69, 9.17) is 4.74 Å². The summed E-state index contributed by atoms with van der Waals surface area (Å²) < 4.78 is 5.89. The van der Waals surface area contributed by atoms with Crippen molar-refractivity contribution in [1.82, 2.24) is 0 Å². The van der Waals surface area contributed by atoms with Crippen molar-refractivity contribution in [3.05, 3.63) is 56.2 Å². The van der Waals surface area contributed by atoms with Gasteiger partial charge < -0.3 is 10.1 Å². The van der Waals surface area contributed by atoms with E-state index in [1.54, 1.807) is 23.5 Å². The number of thiophene rings is 1. The van der Waals surface area contributed by atoms with Crippen LogP contribution in [-0.2, 0) is 14.3 Å². The number of ether oxygens (including phenoxy) is 1. The fourth-order valence-corrected chi connectivity index (χ4v) is 2.87. The molecule has 2 aromatic rings. The molecular formula is C17H16BrNO3S. The SMILES string of the molecule is Cc1cc(NC(=O)COC(=O)/C=C/c2sccc2C)ccc1Br. The first-order valence-electron chi connectivity index (χ1n) is 6.90. The number of amides is 1. The lowest BCUT2D eigenvalue weighted by molar-refractivity contribution is -0.142. The first kappa shape index (κ1) is 17.4. The Morgan fingerprint density at radius 2 is 2.04 bits per heavy atom. The molecule has 0 aliphatic heterocycles. The zero-order valence-electron chi connectivity index (χ0n) is 12.8. The Balaban J connectivity index is 1.82. The number of hydrogen-bond acceptors (Lipinski definition) is 4. The van der Waals surface area contributed by atoms with Crippen LogP contribution in [-0.4, -0.2) is 18.5 Å². The highest BCUT2D eigenvalue weighted by molar-refractivity contribution is 9.10.